The van der Waals surface area contributed by atoms with E-state index in [1.807, 2.05) is 6.20 Å². The molecule has 1 rings (SSSR count). The largest absolute Gasteiger partial charge is 0.379 e. The molecule has 1 heterocycles. The van der Waals surface area contributed by atoms with Crippen molar-refractivity contribution >= 4 is 0 Å². The van der Waals surface area contributed by atoms with Gasteiger partial charge >= 0.3 is 0 Å². The fourth-order valence-corrected chi connectivity index (χ4v) is 1.60. The van der Waals surface area contributed by atoms with Crippen LogP contribution in [0.4, 0.5) is 0 Å². The van der Waals surface area contributed by atoms with Crippen LogP contribution in [-0.4, -0.2) is 67.7 Å². The summed E-state index contributed by atoms with van der Waals surface area (Å²) in [6, 6.07) is 0. The van der Waals surface area contributed by atoms with E-state index in [1.54, 1.807) is 10.9 Å². The van der Waals surface area contributed by atoms with Gasteiger partial charge in [0.15, 0.2) is 0 Å². The summed E-state index contributed by atoms with van der Waals surface area (Å²) in [6.45, 7) is 8.74. The summed E-state index contributed by atoms with van der Waals surface area (Å²) in [4.78, 5) is 0. The summed E-state index contributed by atoms with van der Waals surface area (Å²) in [7, 11) is 0. The molecule has 1 N–H and O–H groups in total. The highest BCUT2D eigenvalue weighted by Crippen LogP contribution is 1.88. The minimum absolute atomic E-state index is 0.621. The first-order valence-electron chi connectivity index (χ1n) is 7.71. The first kappa shape index (κ1) is 18.0. The quantitative estimate of drug-likeness (QED) is 0.481. The Labute approximate surface area is 126 Å². The maximum Gasteiger partial charge on any atom is 0.0701 e. The number of hydrogen-bond donors (Lipinski definition) is 1. The molecule has 0 aliphatic rings. The van der Waals surface area contributed by atoms with Crippen molar-refractivity contribution in [2.75, 3.05) is 52.7 Å². The molecule has 0 bridgehead atoms. The van der Waals surface area contributed by atoms with Crippen molar-refractivity contribution in [3.8, 4) is 0 Å². The molecule has 0 fully saturated rings. The molecule has 0 unspecified atom stereocenters. The van der Waals surface area contributed by atoms with Crippen molar-refractivity contribution in [2.45, 2.75) is 26.3 Å². The molecule has 7 nitrogen and oxygen atoms in total. The summed E-state index contributed by atoms with van der Waals surface area (Å²) in [5, 5.41) is 10.9. The first-order chi connectivity index (χ1) is 10.4. The highest BCUT2D eigenvalue weighted by molar-refractivity contribution is 4.64. The molecule has 0 saturated heterocycles. The molecule has 122 valence electrons. The predicted molar refractivity (Wildman–Crippen MR) is 80.3 cm³/mol. The predicted octanol–water partition coefficient (Wildman–Crippen LogP) is 0.718. The normalized spacial score (nSPS) is 11.1. The van der Waals surface area contributed by atoms with Gasteiger partial charge in [-0.2, -0.15) is 0 Å². The third-order valence-corrected chi connectivity index (χ3v) is 2.80. The van der Waals surface area contributed by atoms with Gasteiger partial charge in [-0.1, -0.05) is 18.6 Å². The average molecular weight is 300 g/mol. The van der Waals surface area contributed by atoms with Crippen molar-refractivity contribution in [3.63, 3.8) is 0 Å². The van der Waals surface area contributed by atoms with Gasteiger partial charge in [0.2, 0.25) is 0 Å². The maximum absolute atomic E-state index is 5.45. The Kier molecular flexibility index (Phi) is 12.0. The second kappa shape index (κ2) is 13.9. The third kappa shape index (κ3) is 11.3. The van der Waals surface area contributed by atoms with Crippen molar-refractivity contribution in [2.24, 2.45) is 0 Å². The van der Waals surface area contributed by atoms with Gasteiger partial charge in [0.05, 0.1) is 45.8 Å². The van der Waals surface area contributed by atoms with Crippen LogP contribution in [-0.2, 0) is 20.8 Å². The Morgan fingerprint density at radius 1 is 0.952 bits per heavy atom. The maximum atomic E-state index is 5.45. The zero-order valence-electron chi connectivity index (χ0n) is 13.0. The van der Waals surface area contributed by atoms with E-state index < -0.39 is 0 Å². The highest BCUT2D eigenvalue weighted by atomic mass is 16.5. The summed E-state index contributed by atoms with van der Waals surface area (Å²) in [5.41, 5.74) is 0. The molecular formula is C14H28N4O3. The van der Waals surface area contributed by atoms with Gasteiger partial charge in [-0.3, -0.25) is 4.68 Å². The fourth-order valence-electron chi connectivity index (χ4n) is 1.60. The standard InChI is InChI=1S/C14H28N4O3/c1-2-3-9-19-11-13-21-14-12-20-10-6-15-4-7-18-8-5-16-17-18/h5,8,15H,2-4,6-7,9-14H2,1H3. The lowest BCUT2D eigenvalue weighted by Crippen LogP contribution is -2.24. The van der Waals surface area contributed by atoms with Crippen molar-refractivity contribution in [1.82, 2.24) is 20.3 Å². The molecule has 1 aromatic heterocycles. The van der Waals surface area contributed by atoms with E-state index in [4.69, 9.17) is 14.2 Å². The molecule has 0 spiro atoms. The summed E-state index contributed by atoms with van der Waals surface area (Å²) >= 11 is 0. The number of rotatable bonds is 15. The third-order valence-electron chi connectivity index (χ3n) is 2.80. The highest BCUT2D eigenvalue weighted by Gasteiger charge is 1.93. The van der Waals surface area contributed by atoms with Crippen LogP contribution < -0.4 is 5.32 Å². The smallest absolute Gasteiger partial charge is 0.0701 e. The number of hydrogen-bond acceptors (Lipinski definition) is 6. The SMILES string of the molecule is CCCCOCCOCCOCCNCCn1ccnn1. The van der Waals surface area contributed by atoms with Gasteiger partial charge < -0.3 is 19.5 Å². The minimum atomic E-state index is 0.621. The van der Waals surface area contributed by atoms with E-state index in [1.165, 1.54) is 6.42 Å². The summed E-state index contributed by atoms with van der Waals surface area (Å²) < 4.78 is 18.0. The Hall–Kier alpha value is -1.02. The van der Waals surface area contributed by atoms with Crippen molar-refractivity contribution in [3.05, 3.63) is 12.4 Å². The zero-order chi connectivity index (χ0) is 15.0. The van der Waals surface area contributed by atoms with Crippen LogP contribution in [0.25, 0.3) is 0 Å². The number of nitrogens with one attached hydrogen (secondary N) is 1. The van der Waals surface area contributed by atoms with Crippen LogP contribution in [0.5, 0.6) is 0 Å². The van der Waals surface area contributed by atoms with Crippen LogP contribution in [0.1, 0.15) is 19.8 Å². The molecule has 0 aliphatic carbocycles. The number of aromatic nitrogens is 3. The molecule has 0 atom stereocenters. The van der Waals surface area contributed by atoms with Gasteiger partial charge in [0.1, 0.15) is 0 Å². The Morgan fingerprint density at radius 3 is 2.33 bits per heavy atom. The molecule has 7 heteroatoms. The van der Waals surface area contributed by atoms with Gasteiger partial charge in [0, 0.05) is 25.9 Å². The average Bonchev–Trinajstić information content (AvgIpc) is 3.01. The Bertz CT molecular complexity index is 309. The molecule has 0 aromatic carbocycles. The zero-order valence-corrected chi connectivity index (χ0v) is 13.0. The van der Waals surface area contributed by atoms with E-state index in [-0.39, 0.29) is 0 Å². The molecule has 1 aromatic rings. The van der Waals surface area contributed by atoms with E-state index in [2.05, 4.69) is 22.6 Å². The number of nitrogens with zero attached hydrogens (tertiary/aromatic N) is 3. The molecule has 0 radical (unpaired) electrons. The summed E-state index contributed by atoms with van der Waals surface area (Å²) in [6.07, 6.45) is 5.81. The summed E-state index contributed by atoms with van der Waals surface area (Å²) in [5.74, 6) is 0. The lowest BCUT2D eigenvalue weighted by Gasteiger charge is -2.07. The van der Waals surface area contributed by atoms with Crippen LogP contribution in [0, 0.1) is 0 Å². The lowest BCUT2D eigenvalue weighted by atomic mass is 10.4. The minimum Gasteiger partial charge on any atom is -0.379 e. The van der Waals surface area contributed by atoms with Gasteiger partial charge in [0.25, 0.3) is 0 Å². The second-order valence-corrected chi connectivity index (χ2v) is 4.61. The Morgan fingerprint density at radius 2 is 1.67 bits per heavy atom. The van der Waals surface area contributed by atoms with Crippen LogP contribution in [0.2, 0.25) is 0 Å². The van der Waals surface area contributed by atoms with Crippen molar-refractivity contribution < 1.29 is 14.2 Å². The molecule has 0 aliphatic heterocycles. The van der Waals surface area contributed by atoms with Crippen LogP contribution in [0.15, 0.2) is 12.4 Å². The topological polar surface area (TPSA) is 70.4 Å². The fraction of sp³-hybridized carbons (Fsp3) is 0.857. The number of ether oxygens (including phenoxy) is 3. The van der Waals surface area contributed by atoms with Crippen molar-refractivity contribution in [1.29, 1.82) is 0 Å². The molecule has 0 saturated carbocycles. The molecular weight excluding hydrogens is 272 g/mol. The van der Waals surface area contributed by atoms with Gasteiger partial charge in [-0.25, -0.2) is 0 Å². The second-order valence-electron chi connectivity index (χ2n) is 4.61. The monoisotopic (exact) mass is 300 g/mol. The van der Waals surface area contributed by atoms with Gasteiger partial charge in [-0.15, -0.1) is 5.10 Å². The molecule has 0 amide bonds. The van der Waals surface area contributed by atoms with E-state index in [9.17, 15) is 0 Å². The van der Waals surface area contributed by atoms with Gasteiger partial charge in [-0.05, 0) is 6.42 Å². The molecule has 21 heavy (non-hydrogen) atoms. The Balaban J connectivity index is 1.69. The van der Waals surface area contributed by atoms with Crippen LogP contribution in [0.3, 0.4) is 0 Å². The van der Waals surface area contributed by atoms with E-state index >= 15 is 0 Å². The number of unbranched alkanes of at least 4 members (excludes halogenated alkanes) is 1. The van der Waals surface area contributed by atoms with E-state index in [0.717, 1.165) is 32.7 Å². The lowest BCUT2D eigenvalue weighted by molar-refractivity contribution is 0.0146. The first-order valence-corrected chi connectivity index (χ1v) is 7.71. The van der Waals surface area contributed by atoms with E-state index in [0.29, 0.717) is 33.0 Å². The van der Waals surface area contributed by atoms with Crippen LogP contribution >= 0.6 is 0 Å².